The lowest BCUT2D eigenvalue weighted by molar-refractivity contribution is 0.108. The first-order chi connectivity index (χ1) is 10.3. The van der Waals surface area contributed by atoms with E-state index in [9.17, 15) is 5.11 Å². The van der Waals surface area contributed by atoms with Crippen molar-refractivity contribution in [2.75, 3.05) is 54.1 Å². The molecule has 21 heavy (non-hydrogen) atoms. The Labute approximate surface area is 125 Å². The van der Waals surface area contributed by atoms with E-state index >= 15 is 0 Å². The normalized spacial score (nSPS) is 17.3. The molecule has 1 atom stereocenters. The highest BCUT2D eigenvalue weighted by Gasteiger charge is 2.27. The molecule has 1 aliphatic heterocycles. The summed E-state index contributed by atoms with van der Waals surface area (Å²) >= 11 is 0. The van der Waals surface area contributed by atoms with Gasteiger partial charge in [0.15, 0.2) is 11.5 Å². The van der Waals surface area contributed by atoms with Gasteiger partial charge < -0.3 is 24.6 Å². The van der Waals surface area contributed by atoms with Gasteiger partial charge in [0, 0.05) is 31.7 Å². The monoisotopic (exact) mass is 296 g/mol. The number of hydrogen-bond acceptors (Lipinski definition) is 6. The van der Waals surface area contributed by atoms with Gasteiger partial charge in [-0.3, -0.25) is 4.90 Å². The number of nitrogens with zero attached hydrogens (tertiary/aromatic N) is 1. The zero-order valence-electron chi connectivity index (χ0n) is 12.9. The maximum Gasteiger partial charge on any atom is 0.203 e. The van der Waals surface area contributed by atoms with Crippen LogP contribution in [0.2, 0.25) is 0 Å². The summed E-state index contributed by atoms with van der Waals surface area (Å²) in [6.07, 6.45) is 0. The molecule has 1 heterocycles. The first-order valence-corrected chi connectivity index (χ1v) is 7.11. The summed E-state index contributed by atoms with van der Waals surface area (Å²) in [6.45, 7) is 3.66. The molecule has 1 saturated heterocycles. The Kier molecular flexibility index (Phi) is 5.67. The van der Waals surface area contributed by atoms with Gasteiger partial charge in [-0.1, -0.05) is 0 Å². The van der Waals surface area contributed by atoms with E-state index in [0.29, 0.717) is 17.2 Å². The highest BCUT2D eigenvalue weighted by Crippen LogP contribution is 2.43. The van der Waals surface area contributed by atoms with Crippen LogP contribution < -0.4 is 19.5 Å². The highest BCUT2D eigenvalue weighted by molar-refractivity contribution is 5.56. The molecule has 0 amide bonds. The molecule has 2 rings (SSSR count). The van der Waals surface area contributed by atoms with Crippen LogP contribution in [0.1, 0.15) is 11.6 Å². The number of benzene rings is 1. The van der Waals surface area contributed by atoms with Crippen LogP contribution in [0.25, 0.3) is 0 Å². The molecule has 118 valence electrons. The molecule has 6 heteroatoms. The lowest BCUT2D eigenvalue weighted by Crippen LogP contribution is -2.46. The van der Waals surface area contributed by atoms with Crippen molar-refractivity contribution in [2.24, 2.45) is 0 Å². The number of aliphatic hydroxyl groups is 1. The van der Waals surface area contributed by atoms with Crippen LogP contribution in [-0.4, -0.2) is 64.1 Å². The van der Waals surface area contributed by atoms with Crippen molar-refractivity contribution in [2.45, 2.75) is 6.04 Å². The van der Waals surface area contributed by atoms with E-state index in [1.165, 1.54) is 0 Å². The minimum atomic E-state index is -0.109. The first kappa shape index (κ1) is 15.9. The minimum Gasteiger partial charge on any atom is -0.493 e. The molecule has 1 aromatic carbocycles. The molecule has 2 N–H and O–H groups in total. The van der Waals surface area contributed by atoms with Gasteiger partial charge in [-0.25, -0.2) is 0 Å². The standard InChI is InChI=1S/C15H24N2O4/c1-19-13-5-4-11(14(20-2)15(13)21-3)12(10-18)17-8-6-16-7-9-17/h4-5,12,16,18H,6-10H2,1-3H3. The van der Waals surface area contributed by atoms with Gasteiger partial charge in [-0.15, -0.1) is 0 Å². The van der Waals surface area contributed by atoms with E-state index in [-0.39, 0.29) is 12.6 Å². The highest BCUT2D eigenvalue weighted by atomic mass is 16.5. The second-order valence-corrected chi connectivity index (χ2v) is 4.91. The number of aliphatic hydroxyl groups excluding tert-OH is 1. The Hall–Kier alpha value is -1.50. The summed E-state index contributed by atoms with van der Waals surface area (Å²) in [5.41, 5.74) is 0.916. The molecule has 0 aromatic heterocycles. The maximum absolute atomic E-state index is 9.85. The van der Waals surface area contributed by atoms with E-state index in [2.05, 4.69) is 10.2 Å². The predicted octanol–water partition coefficient (Wildman–Crippen LogP) is 0.651. The fraction of sp³-hybridized carbons (Fsp3) is 0.600. The Morgan fingerprint density at radius 1 is 1.10 bits per heavy atom. The number of nitrogens with one attached hydrogen (secondary N) is 1. The summed E-state index contributed by atoms with van der Waals surface area (Å²) in [5.74, 6) is 1.80. The summed E-state index contributed by atoms with van der Waals surface area (Å²) in [5, 5.41) is 13.2. The summed E-state index contributed by atoms with van der Waals surface area (Å²) in [4.78, 5) is 2.25. The number of methoxy groups -OCH3 is 3. The Morgan fingerprint density at radius 3 is 2.29 bits per heavy atom. The fourth-order valence-corrected chi connectivity index (χ4v) is 2.79. The molecule has 0 aliphatic carbocycles. The summed E-state index contributed by atoms with van der Waals surface area (Å²) in [6, 6.07) is 3.67. The molecular formula is C15H24N2O4. The number of ether oxygens (including phenoxy) is 3. The average Bonchev–Trinajstić information content (AvgIpc) is 2.55. The van der Waals surface area contributed by atoms with E-state index in [0.717, 1.165) is 31.7 Å². The average molecular weight is 296 g/mol. The smallest absolute Gasteiger partial charge is 0.203 e. The van der Waals surface area contributed by atoms with E-state index in [1.807, 2.05) is 12.1 Å². The van der Waals surface area contributed by atoms with Gasteiger partial charge in [0.25, 0.3) is 0 Å². The van der Waals surface area contributed by atoms with Gasteiger partial charge in [0.05, 0.1) is 34.0 Å². The molecular weight excluding hydrogens is 272 g/mol. The van der Waals surface area contributed by atoms with Crippen molar-refractivity contribution in [1.82, 2.24) is 10.2 Å². The van der Waals surface area contributed by atoms with Crippen LogP contribution in [0.4, 0.5) is 0 Å². The third kappa shape index (κ3) is 3.23. The molecule has 0 saturated carbocycles. The van der Waals surface area contributed by atoms with Crippen LogP contribution in [0.3, 0.4) is 0 Å². The van der Waals surface area contributed by atoms with Crippen LogP contribution in [0.5, 0.6) is 17.2 Å². The van der Waals surface area contributed by atoms with Crippen LogP contribution in [0.15, 0.2) is 12.1 Å². The fourth-order valence-electron chi connectivity index (χ4n) is 2.79. The molecule has 0 spiro atoms. The Balaban J connectivity index is 2.40. The van der Waals surface area contributed by atoms with Gasteiger partial charge >= 0.3 is 0 Å². The van der Waals surface area contributed by atoms with Crippen molar-refractivity contribution in [3.63, 3.8) is 0 Å². The van der Waals surface area contributed by atoms with Crippen LogP contribution in [0, 0.1) is 0 Å². The number of piperazine rings is 1. The largest absolute Gasteiger partial charge is 0.493 e. The number of rotatable bonds is 6. The zero-order chi connectivity index (χ0) is 15.2. The third-order valence-corrected chi connectivity index (χ3v) is 3.86. The zero-order valence-corrected chi connectivity index (χ0v) is 12.9. The van der Waals surface area contributed by atoms with Gasteiger partial charge in [-0.2, -0.15) is 0 Å². The van der Waals surface area contributed by atoms with Crippen molar-refractivity contribution in [3.8, 4) is 17.2 Å². The van der Waals surface area contributed by atoms with Crippen molar-refractivity contribution in [1.29, 1.82) is 0 Å². The maximum atomic E-state index is 9.85. The first-order valence-electron chi connectivity index (χ1n) is 7.11. The molecule has 6 nitrogen and oxygen atoms in total. The molecule has 1 unspecified atom stereocenters. The number of hydrogen-bond donors (Lipinski definition) is 2. The molecule has 0 bridgehead atoms. The second kappa shape index (κ2) is 7.49. The van der Waals surface area contributed by atoms with Gasteiger partial charge in [0.2, 0.25) is 5.75 Å². The lowest BCUT2D eigenvalue weighted by Gasteiger charge is -2.35. The van der Waals surface area contributed by atoms with Crippen LogP contribution >= 0.6 is 0 Å². The van der Waals surface area contributed by atoms with Crippen molar-refractivity contribution in [3.05, 3.63) is 17.7 Å². The van der Waals surface area contributed by atoms with E-state index < -0.39 is 0 Å². The topological polar surface area (TPSA) is 63.2 Å². The predicted molar refractivity (Wildman–Crippen MR) is 80.4 cm³/mol. The molecule has 1 aromatic rings. The molecule has 0 radical (unpaired) electrons. The minimum absolute atomic E-state index is 0.0336. The van der Waals surface area contributed by atoms with E-state index in [1.54, 1.807) is 21.3 Å². The summed E-state index contributed by atoms with van der Waals surface area (Å²) in [7, 11) is 4.78. The third-order valence-electron chi connectivity index (χ3n) is 3.86. The quantitative estimate of drug-likeness (QED) is 0.804. The SMILES string of the molecule is COc1ccc(C(CO)N2CCNCC2)c(OC)c1OC. The second-order valence-electron chi connectivity index (χ2n) is 4.91. The Bertz CT molecular complexity index is 461. The Morgan fingerprint density at radius 2 is 1.76 bits per heavy atom. The van der Waals surface area contributed by atoms with Crippen molar-refractivity contribution < 1.29 is 19.3 Å². The van der Waals surface area contributed by atoms with Crippen molar-refractivity contribution >= 4 is 0 Å². The molecule has 1 aliphatic rings. The summed E-state index contributed by atoms with van der Waals surface area (Å²) < 4.78 is 16.2. The van der Waals surface area contributed by atoms with Gasteiger partial charge in [0.1, 0.15) is 0 Å². The lowest BCUT2D eigenvalue weighted by atomic mass is 10.0. The van der Waals surface area contributed by atoms with Gasteiger partial charge in [-0.05, 0) is 12.1 Å². The molecule has 1 fully saturated rings. The van der Waals surface area contributed by atoms with Crippen LogP contribution in [-0.2, 0) is 0 Å². The van der Waals surface area contributed by atoms with E-state index in [4.69, 9.17) is 14.2 Å².